The summed E-state index contributed by atoms with van der Waals surface area (Å²) in [5, 5.41) is 9.51. The highest BCUT2D eigenvalue weighted by atomic mass is 16.5. The molecule has 1 aliphatic carbocycles. The van der Waals surface area contributed by atoms with E-state index in [0.29, 0.717) is 12.8 Å². The van der Waals surface area contributed by atoms with Crippen molar-refractivity contribution in [2.24, 2.45) is 5.92 Å². The Morgan fingerprint density at radius 2 is 1.84 bits per heavy atom. The van der Waals surface area contributed by atoms with Gasteiger partial charge in [-0.3, -0.25) is 14.6 Å². The van der Waals surface area contributed by atoms with Crippen LogP contribution in [0.5, 0.6) is 0 Å². The monoisotopic (exact) mass is 344 g/mol. The second-order valence-corrected chi connectivity index (χ2v) is 7.36. The van der Waals surface area contributed by atoms with E-state index in [4.69, 9.17) is 4.74 Å². The molecule has 0 radical (unpaired) electrons. The van der Waals surface area contributed by atoms with Crippen molar-refractivity contribution in [3.05, 3.63) is 35.9 Å². The zero-order valence-corrected chi connectivity index (χ0v) is 14.3. The van der Waals surface area contributed by atoms with E-state index in [0.717, 1.165) is 32.5 Å². The van der Waals surface area contributed by atoms with Crippen molar-refractivity contribution in [1.29, 1.82) is 0 Å². The topological polar surface area (TPSA) is 70.1 Å². The first kappa shape index (κ1) is 16.5. The highest BCUT2D eigenvalue weighted by Gasteiger charge is 2.55. The van der Waals surface area contributed by atoms with Crippen molar-refractivity contribution in [2.75, 3.05) is 19.7 Å². The smallest absolute Gasteiger partial charge is 0.328 e. The van der Waals surface area contributed by atoms with E-state index in [1.165, 1.54) is 5.56 Å². The van der Waals surface area contributed by atoms with Crippen LogP contribution in [-0.2, 0) is 20.9 Å². The van der Waals surface area contributed by atoms with Crippen molar-refractivity contribution in [1.82, 2.24) is 9.80 Å². The first-order valence-corrected chi connectivity index (χ1v) is 9.05. The fourth-order valence-corrected chi connectivity index (χ4v) is 4.01. The number of carboxylic acid groups (broad SMARTS) is 1. The molecule has 6 heteroatoms. The van der Waals surface area contributed by atoms with E-state index in [-0.39, 0.29) is 18.4 Å². The number of likely N-dealkylation sites (tertiary alicyclic amines) is 1. The molecule has 1 N–H and O–H groups in total. The van der Waals surface area contributed by atoms with Crippen LogP contribution < -0.4 is 0 Å². The first-order valence-electron chi connectivity index (χ1n) is 9.05. The maximum atomic E-state index is 12.7. The van der Waals surface area contributed by atoms with Gasteiger partial charge in [0.15, 0.2) is 6.04 Å². The number of carboxylic acids is 1. The number of benzene rings is 1. The lowest BCUT2D eigenvalue weighted by Crippen LogP contribution is -2.58. The molecular formula is C19H24N2O4. The third kappa shape index (κ3) is 3.16. The predicted molar refractivity (Wildman–Crippen MR) is 90.6 cm³/mol. The number of nitrogens with zero attached hydrogens (tertiary/aromatic N) is 2. The van der Waals surface area contributed by atoms with E-state index in [1.54, 1.807) is 4.90 Å². The molecule has 2 saturated heterocycles. The van der Waals surface area contributed by atoms with Crippen molar-refractivity contribution < 1.29 is 19.4 Å². The van der Waals surface area contributed by atoms with Gasteiger partial charge in [-0.15, -0.1) is 0 Å². The van der Waals surface area contributed by atoms with Gasteiger partial charge in [0.05, 0.1) is 6.61 Å². The Balaban J connectivity index is 1.46. The molecule has 1 atom stereocenters. The fraction of sp³-hybridized carbons (Fsp3) is 0.579. The van der Waals surface area contributed by atoms with Crippen molar-refractivity contribution >= 4 is 11.9 Å². The van der Waals surface area contributed by atoms with Crippen molar-refractivity contribution in [2.45, 2.75) is 44.0 Å². The molecule has 3 aliphatic rings. The number of rotatable bonds is 4. The predicted octanol–water partition coefficient (Wildman–Crippen LogP) is 1.70. The highest BCUT2D eigenvalue weighted by molar-refractivity contribution is 5.87. The molecule has 0 bridgehead atoms. The van der Waals surface area contributed by atoms with Crippen LogP contribution in [0.15, 0.2) is 30.3 Å². The lowest BCUT2D eigenvalue weighted by atomic mass is 9.96. The zero-order chi connectivity index (χ0) is 17.4. The van der Waals surface area contributed by atoms with E-state index < -0.39 is 17.7 Å². The lowest BCUT2D eigenvalue weighted by Gasteiger charge is -2.44. The Bertz CT molecular complexity index is 651. The second kappa shape index (κ2) is 6.42. The van der Waals surface area contributed by atoms with Gasteiger partial charge in [-0.25, -0.2) is 4.79 Å². The summed E-state index contributed by atoms with van der Waals surface area (Å²) in [5.41, 5.74) is 0.538. The van der Waals surface area contributed by atoms with Crippen LogP contribution in [0.4, 0.5) is 0 Å². The quantitative estimate of drug-likeness (QED) is 0.900. The molecular weight excluding hydrogens is 320 g/mol. The third-order valence-electron chi connectivity index (χ3n) is 5.60. The van der Waals surface area contributed by atoms with Gasteiger partial charge in [0, 0.05) is 38.4 Å². The molecule has 134 valence electrons. The standard InChI is InChI=1S/C19H24N2O4/c22-17(15-6-7-15)21-16(18(23)24)13-25-19(21)8-10-20(11-9-19)12-14-4-2-1-3-5-14/h1-5,15-16H,6-13H2,(H,23,24)/t16-/m1/s1. The first-order chi connectivity index (χ1) is 12.1. The van der Waals surface area contributed by atoms with E-state index in [9.17, 15) is 14.7 Å². The summed E-state index contributed by atoms with van der Waals surface area (Å²) in [5.74, 6) is -0.984. The number of hydrogen-bond acceptors (Lipinski definition) is 4. The third-order valence-corrected chi connectivity index (χ3v) is 5.60. The number of ether oxygens (including phenoxy) is 1. The number of piperidine rings is 1. The van der Waals surface area contributed by atoms with E-state index in [1.807, 2.05) is 18.2 Å². The van der Waals surface area contributed by atoms with Gasteiger partial charge in [-0.05, 0) is 18.4 Å². The van der Waals surface area contributed by atoms with E-state index in [2.05, 4.69) is 17.0 Å². The molecule has 0 unspecified atom stereocenters. The van der Waals surface area contributed by atoms with Gasteiger partial charge >= 0.3 is 5.97 Å². The molecule has 2 aliphatic heterocycles. The van der Waals surface area contributed by atoms with Gasteiger partial charge in [0.2, 0.25) is 5.91 Å². The molecule has 25 heavy (non-hydrogen) atoms. The van der Waals surface area contributed by atoms with Crippen LogP contribution in [0.3, 0.4) is 0 Å². The summed E-state index contributed by atoms with van der Waals surface area (Å²) in [4.78, 5) is 28.3. The molecule has 1 aromatic carbocycles. The van der Waals surface area contributed by atoms with Gasteiger partial charge in [0.25, 0.3) is 0 Å². The molecule has 0 aromatic heterocycles. The number of hydrogen-bond donors (Lipinski definition) is 1. The number of amides is 1. The van der Waals surface area contributed by atoms with Crippen molar-refractivity contribution in [3.63, 3.8) is 0 Å². The molecule has 4 rings (SSSR count). The Morgan fingerprint density at radius 3 is 2.44 bits per heavy atom. The van der Waals surface area contributed by atoms with Crippen LogP contribution in [0.1, 0.15) is 31.2 Å². The van der Waals surface area contributed by atoms with Crippen LogP contribution in [0, 0.1) is 5.92 Å². The second-order valence-electron chi connectivity index (χ2n) is 7.36. The van der Waals surface area contributed by atoms with Crippen LogP contribution in [-0.4, -0.2) is 58.2 Å². The average Bonchev–Trinajstić information content (AvgIpc) is 3.40. The summed E-state index contributed by atoms with van der Waals surface area (Å²) in [7, 11) is 0. The summed E-state index contributed by atoms with van der Waals surface area (Å²) in [6.07, 6.45) is 3.08. The number of carbonyl (C=O) groups excluding carboxylic acids is 1. The van der Waals surface area contributed by atoms with Crippen LogP contribution >= 0.6 is 0 Å². The summed E-state index contributed by atoms with van der Waals surface area (Å²) >= 11 is 0. The molecule has 1 amide bonds. The van der Waals surface area contributed by atoms with Gasteiger partial charge in [-0.1, -0.05) is 30.3 Å². The van der Waals surface area contributed by atoms with E-state index >= 15 is 0 Å². The Morgan fingerprint density at radius 1 is 1.16 bits per heavy atom. The number of aliphatic carboxylic acids is 1. The largest absolute Gasteiger partial charge is 0.480 e. The van der Waals surface area contributed by atoms with Gasteiger partial charge in [-0.2, -0.15) is 0 Å². The average molecular weight is 344 g/mol. The SMILES string of the molecule is O=C(O)[C@H]1COC2(CCN(Cc3ccccc3)CC2)N1C(=O)C1CC1. The minimum atomic E-state index is -0.961. The Kier molecular flexibility index (Phi) is 4.25. The highest BCUT2D eigenvalue weighted by Crippen LogP contribution is 2.42. The maximum absolute atomic E-state index is 12.7. The molecule has 3 fully saturated rings. The summed E-state index contributed by atoms with van der Waals surface area (Å²) in [6.45, 7) is 2.58. The van der Waals surface area contributed by atoms with Crippen molar-refractivity contribution in [3.8, 4) is 0 Å². The molecule has 1 saturated carbocycles. The minimum Gasteiger partial charge on any atom is -0.480 e. The van der Waals surface area contributed by atoms with Gasteiger partial charge in [0.1, 0.15) is 5.72 Å². The summed E-state index contributed by atoms with van der Waals surface area (Å²) < 4.78 is 5.96. The minimum absolute atomic E-state index is 0.00257. The molecule has 2 heterocycles. The maximum Gasteiger partial charge on any atom is 0.328 e. The lowest BCUT2D eigenvalue weighted by molar-refractivity contribution is -0.167. The van der Waals surface area contributed by atoms with Gasteiger partial charge < -0.3 is 9.84 Å². The molecule has 1 spiro atoms. The van der Waals surface area contributed by atoms with Crippen LogP contribution in [0.25, 0.3) is 0 Å². The number of carbonyl (C=O) groups is 2. The zero-order valence-electron chi connectivity index (χ0n) is 14.3. The Labute approximate surface area is 147 Å². The fourth-order valence-electron chi connectivity index (χ4n) is 4.01. The van der Waals surface area contributed by atoms with Crippen LogP contribution in [0.2, 0.25) is 0 Å². The molecule has 1 aromatic rings. The Hall–Kier alpha value is -1.92. The normalized spacial score (nSPS) is 26.1. The summed E-state index contributed by atoms with van der Waals surface area (Å²) in [6, 6.07) is 9.46. The molecule has 6 nitrogen and oxygen atoms in total.